The lowest BCUT2D eigenvalue weighted by molar-refractivity contribution is -0.154. The molecule has 0 atom stereocenters. The molecule has 2 aromatic heterocycles. The summed E-state index contributed by atoms with van der Waals surface area (Å²) in [4.78, 5) is 7.66. The van der Waals surface area contributed by atoms with Gasteiger partial charge in [0.25, 0.3) is 0 Å². The van der Waals surface area contributed by atoms with Crippen LogP contribution in [0.4, 0.5) is 32.2 Å². The van der Waals surface area contributed by atoms with Crippen LogP contribution < -0.4 is 10.1 Å². The van der Waals surface area contributed by atoms with Crippen molar-refractivity contribution in [1.82, 2.24) is 9.97 Å². The summed E-state index contributed by atoms with van der Waals surface area (Å²) < 4.78 is 80.1. The first-order chi connectivity index (χ1) is 11.2. The Bertz CT molecular complexity index is 765. The van der Waals surface area contributed by atoms with Gasteiger partial charge in [-0.25, -0.2) is 0 Å². The van der Waals surface area contributed by atoms with E-state index < -0.39 is 35.9 Å². The number of hydrogen-bond donors (Lipinski definition) is 1. The SMILES string of the molecule is CC(C)(C)Nc1nc(OCC(F)(F)F)cc2cc(C(F)(F)F)cnc12. The highest BCUT2D eigenvalue weighted by molar-refractivity contribution is 5.89. The van der Waals surface area contributed by atoms with Crippen LogP contribution in [0.3, 0.4) is 0 Å². The average molecular weight is 367 g/mol. The average Bonchev–Trinajstić information content (AvgIpc) is 2.41. The number of nitrogens with zero attached hydrogens (tertiary/aromatic N) is 2. The minimum Gasteiger partial charge on any atom is -0.468 e. The molecule has 2 rings (SSSR count). The number of halogens is 6. The van der Waals surface area contributed by atoms with Gasteiger partial charge >= 0.3 is 12.4 Å². The molecule has 0 saturated heterocycles. The van der Waals surface area contributed by atoms with Crippen LogP contribution >= 0.6 is 0 Å². The van der Waals surface area contributed by atoms with Crippen LogP contribution in [0.1, 0.15) is 26.3 Å². The topological polar surface area (TPSA) is 47.0 Å². The van der Waals surface area contributed by atoms with E-state index in [1.807, 2.05) is 0 Å². The normalized spacial score (nSPS) is 13.2. The van der Waals surface area contributed by atoms with Crippen LogP contribution in [-0.4, -0.2) is 28.3 Å². The molecule has 0 aliphatic heterocycles. The van der Waals surface area contributed by atoms with E-state index >= 15 is 0 Å². The Hall–Kier alpha value is -2.26. The molecule has 1 N–H and O–H groups in total. The molecule has 0 spiro atoms. The van der Waals surface area contributed by atoms with E-state index in [1.54, 1.807) is 20.8 Å². The van der Waals surface area contributed by atoms with Gasteiger partial charge in [-0.2, -0.15) is 31.3 Å². The molecule has 0 radical (unpaired) electrons. The molecular weight excluding hydrogens is 352 g/mol. The van der Waals surface area contributed by atoms with E-state index in [4.69, 9.17) is 0 Å². The Labute approximate surface area is 139 Å². The number of alkyl halides is 6. The molecule has 2 heterocycles. The van der Waals surface area contributed by atoms with Gasteiger partial charge in [-0.1, -0.05) is 0 Å². The minimum absolute atomic E-state index is 0.0336. The maximum absolute atomic E-state index is 12.8. The first kappa shape index (κ1) is 19.1. The molecular formula is C15H15F6N3O. The summed E-state index contributed by atoms with van der Waals surface area (Å²) in [5, 5.41) is 2.87. The first-order valence-corrected chi connectivity index (χ1v) is 7.10. The van der Waals surface area contributed by atoms with Crippen LogP contribution in [-0.2, 0) is 6.18 Å². The predicted octanol–water partition coefficient (Wildman–Crippen LogP) is 4.80. The lowest BCUT2D eigenvalue weighted by Crippen LogP contribution is -2.27. The first-order valence-electron chi connectivity index (χ1n) is 7.10. The highest BCUT2D eigenvalue weighted by atomic mass is 19.4. The van der Waals surface area contributed by atoms with Gasteiger partial charge in [-0.3, -0.25) is 4.98 Å². The Kier molecular flexibility index (Phi) is 4.75. The fourth-order valence-electron chi connectivity index (χ4n) is 1.95. The third-order valence-electron chi connectivity index (χ3n) is 2.85. The summed E-state index contributed by atoms with van der Waals surface area (Å²) in [7, 11) is 0. The smallest absolute Gasteiger partial charge is 0.422 e. The number of hydrogen-bond acceptors (Lipinski definition) is 4. The van der Waals surface area contributed by atoms with Crippen molar-refractivity contribution >= 4 is 16.7 Å². The molecule has 0 fully saturated rings. The van der Waals surface area contributed by atoms with Gasteiger partial charge in [-0.05, 0) is 26.8 Å². The van der Waals surface area contributed by atoms with Crippen LogP contribution in [0.2, 0.25) is 0 Å². The van der Waals surface area contributed by atoms with Gasteiger partial charge in [0.2, 0.25) is 5.88 Å². The summed E-state index contributed by atoms with van der Waals surface area (Å²) in [6, 6.07) is 1.79. The molecule has 0 aliphatic rings. The molecule has 0 saturated carbocycles. The Morgan fingerprint density at radius 3 is 2.20 bits per heavy atom. The molecule has 0 aromatic carbocycles. The van der Waals surface area contributed by atoms with Gasteiger partial charge in [-0.15, -0.1) is 0 Å². The van der Waals surface area contributed by atoms with Crippen LogP contribution in [0, 0.1) is 0 Å². The van der Waals surface area contributed by atoms with E-state index in [0.717, 1.165) is 12.1 Å². The second-order valence-corrected chi connectivity index (χ2v) is 6.38. The van der Waals surface area contributed by atoms with Crippen molar-refractivity contribution in [3.63, 3.8) is 0 Å². The maximum Gasteiger partial charge on any atom is 0.422 e. The standard InChI is InChI=1S/C15H15F6N3O/c1-13(2,3)24-12-11-8(4-9(6-22-11)15(19,20)21)5-10(23-12)25-7-14(16,17)18/h4-6H,7H2,1-3H3,(H,23,24). The summed E-state index contributed by atoms with van der Waals surface area (Å²) in [6.45, 7) is 3.67. The van der Waals surface area contributed by atoms with Crippen molar-refractivity contribution < 1.29 is 31.1 Å². The molecule has 25 heavy (non-hydrogen) atoms. The third kappa shape index (κ3) is 5.36. The molecule has 0 aliphatic carbocycles. The molecule has 0 amide bonds. The van der Waals surface area contributed by atoms with E-state index in [-0.39, 0.29) is 16.7 Å². The molecule has 0 bridgehead atoms. The van der Waals surface area contributed by atoms with Crippen LogP contribution in [0.5, 0.6) is 5.88 Å². The highest BCUT2D eigenvalue weighted by Crippen LogP contribution is 2.33. The van der Waals surface area contributed by atoms with Gasteiger partial charge in [0.15, 0.2) is 12.4 Å². The van der Waals surface area contributed by atoms with Gasteiger partial charge in [0.05, 0.1) is 5.56 Å². The van der Waals surface area contributed by atoms with Crippen molar-refractivity contribution in [3.05, 3.63) is 23.9 Å². The van der Waals surface area contributed by atoms with Crippen LogP contribution in [0.15, 0.2) is 18.3 Å². The van der Waals surface area contributed by atoms with Crippen molar-refractivity contribution in [1.29, 1.82) is 0 Å². The molecule has 2 aromatic rings. The Morgan fingerprint density at radius 2 is 1.68 bits per heavy atom. The second kappa shape index (κ2) is 6.23. The van der Waals surface area contributed by atoms with E-state index in [0.29, 0.717) is 6.20 Å². The molecule has 0 unspecified atom stereocenters. The number of anilines is 1. The fourth-order valence-corrected chi connectivity index (χ4v) is 1.95. The number of aromatic nitrogens is 2. The predicted molar refractivity (Wildman–Crippen MR) is 79.5 cm³/mol. The fraction of sp³-hybridized carbons (Fsp3) is 0.467. The van der Waals surface area contributed by atoms with Gasteiger partial charge in [0, 0.05) is 23.2 Å². The zero-order valence-corrected chi connectivity index (χ0v) is 13.5. The van der Waals surface area contributed by atoms with Crippen molar-refractivity contribution in [3.8, 4) is 5.88 Å². The Morgan fingerprint density at radius 1 is 1.04 bits per heavy atom. The zero-order valence-electron chi connectivity index (χ0n) is 13.5. The largest absolute Gasteiger partial charge is 0.468 e. The summed E-state index contributed by atoms with van der Waals surface area (Å²) in [5.74, 6) is -0.409. The quantitative estimate of drug-likeness (QED) is 0.792. The lowest BCUT2D eigenvalue weighted by Gasteiger charge is -2.22. The van der Waals surface area contributed by atoms with E-state index in [1.165, 1.54) is 0 Å². The lowest BCUT2D eigenvalue weighted by atomic mass is 10.1. The number of fused-ring (bicyclic) bond motifs is 1. The molecule has 4 nitrogen and oxygen atoms in total. The summed E-state index contributed by atoms with van der Waals surface area (Å²) >= 11 is 0. The second-order valence-electron chi connectivity index (χ2n) is 6.38. The van der Waals surface area contributed by atoms with Crippen LogP contribution in [0.25, 0.3) is 10.9 Å². The maximum atomic E-state index is 12.8. The Balaban J connectivity index is 2.54. The van der Waals surface area contributed by atoms with Crippen molar-refractivity contribution in [2.75, 3.05) is 11.9 Å². The van der Waals surface area contributed by atoms with Crippen molar-refractivity contribution in [2.45, 2.75) is 38.7 Å². The van der Waals surface area contributed by atoms with Gasteiger partial charge in [0.1, 0.15) is 5.52 Å². The third-order valence-corrected chi connectivity index (χ3v) is 2.85. The minimum atomic E-state index is -4.63. The molecule has 10 heteroatoms. The monoisotopic (exact) mass is 367 g/mol. The number of ether oxygens (including phenoxy) is 1. The van der Waals surface area contributed by atoms with Gasteiger partial charge < -0.3 is 10.1 Å². The zero-order chi connectivity index (χ0) is 19.0. The number of rotatable bonds is 3. The molecule has 138 valence electrons. The summed E-state index contributed by atoms with van der Waals surface area (Å²) in [6.07, 6.45) is -8.58. The number of nitrogens with one attached hydrogen (secondary N) is 1. The van der Waals surface area contributed by atoms with E-state index in [9.17, 15) is 26.3 Å². The van der Waals surface area contributed by atoms with Crippen molar-refractivity contribution in [2.24, 2.45) is 0 Å². The highest BCUT2D eigenvalue weighted by Gasteiger charge is 2.32. The summed E-state index contributed by atoms with van der Waals surface area (Å²) in [5.41, 5.74) is -1.47. The number of pyridine rings is 2. The van der Waals surface area contributed by atoms with E-state index in [2.05, 4.69) is 20.0 Å².